The summed E-state index contributed by atoms with van der Waals surface area (Å²) in [6.45, 7) is 2.90. The number of aromatic nitrogens is 1. The van der Waals surface area contributed by atoms with Gasteiger partial charge in [0.25, 0.3) is 0 Å². The van der Waals surface area contributed by atoms with Crippen LogP contribution >= 0.6 is 0 Å². The Morgan fingerprint density at radius 2 is 2.08 bits per heavy atom. The molecule has 1 fully saturated rings. The van der Waals surface area contributed by atoms with Gasteiger partial charge in [-0.25, -0.2) is 4.98 Å². The summed E-state index contributed by atoms with van der Waals surface area (Å²) in [5, 5.41) is 4.66. The maximum atomic E-state index is 11.3. The third-order valence-corrected chi connectivity index (χ3v) is 4.98. The number of hydrogen-bond donors (Lipinski definition) is 2. The average molecular weight is 327 g/mol. The third kappa shape index (κ3) is 3.45. The van der Waals surface area contributed by atoms with E-state index in [0.717, 1.165) is 60.3 Å². The average Bonchev–Trinajstić information content (AvgIpc) is 2.59. The van der Waals surface area contributed by atoms with Crippen molar-refractivity contribution in [2.24, 2.45) is 17.6 Å². The molecule has 1 aliphatic carbocycles. The van der Waals surface area contributed by atoms with Crippen molar-refractivity contribution in [2.45, 2.75) is 32.6 Å². The van der Waals surface area contributed by atoms with Crippen LogP contribution in [0, 0.1) is 18.8 Å². The second-order valence-electron chi connectivity index (χ2n) is 6.67. The van der Waals surface area contributed by atoms with Gasteiger partial charge in [-0.15, -0.1) is 0 Å². The molecule has 3 N–H and O–H groups in total. The third-order valence-electron chi connectivity index (χ3n) is 4.98. The second-order valence-corrected chi connectivity index (χ2v) is 6.67. The van der Waals surface area contributed by atoms with Crippen LogP contribution in [-0.2, 0) is 4.79 Å². The fourth-order valence-electron chi connectivity index (χ4n) is 3.57. The first-order chi connectivity index (χ1) is 11.6. The molecule has 1 amide bonds. The molecule has 1 heterocycles. The fourth-order valence-corrected chi connectivity index (χ4v) is 3.57. The summed E-state index contributed by atoms with van der Waals surface area (Å²) in [5.41, 5.74) is 8.36. The fraction of sp³-hybridized carbons (Fsp3) is 0.474. The Balaban J connectivity index is 1.73. The highest BCUT2D eigenvalue weighted by Crippen LogP contribution is 2.32. The summed E-state index contributed by atoms with van der Waals surface area (Å²) in [5.74, 6) is 1.29. The molecule has 128 valence electrons. The van der Waals surface area contributed by atoms with Crippen molar-refractivity contribution in [3.8, 4) is 5.75 Å². The van der Waals surface area contributed by atoms with Crippen molar-refractivity contribution in [3.05, 3.63) is 30.0 Å². The molecular formula is C19H25N3O2. The molecule has 0 aliphatic heterocycles. The SMILES string of the molecule is COc1cccc2c(NCC3CCC(C(N)=O)CC3)cc(C)nc12. The number of fused-ring (bicyclic) bond motifs is 1. The number of aryl methyl sites for hydroxylation is 1. The van der Waals surface area contributed by atoms with Gasteiger partial charge in [-0.2, -0.15) is 0 Å². The molecule has 0 spiro atoms. The quantitative estimate of drug-likeness (QED) is 0.883. The lowest BCUT2D eigenvalue weighted by atomic mass is 9.81. The molecule has 0 saturated heterocycles. The van der Waals surface area contributed by atoms with E-state index in [9.17, 15) is 4.79 Å². The van der Waals surface area contributed by atoms with E-state index in [2.05, 4.69) is 22.4 Å². The molecule has 0 atom stereocenters. The van der Waals surface area contributed by atoms with E-state index < -0.39 is 0 Å². The number of carbonyl (C=O) groups is 1. The number of nitrogens with one attached hydrogen (secondary N) is 1. The highest BCUT2D eigenvalue weighted by atomic mass is 16.5. The maximum Gasteiger partial charge on any atom is 0.220 e. The van der Waals surface area contributed by atoms with Gasteiger partial charge in [-0.3, -0.25) is 4.79 Å². The summed E-state index contributed by atoms with van der Waals surface area (Å²) in [6, 6.07) is 8.07. The molecule has 1 saturated carbocycles. The van der Waals surface area contributed by atoms with E-state index in [1.165, 1.54) is 0 Å². The summed E-state index contributed by atoms with van der Waals surface area (Å²) >= 11 is 0. The van der Waals surface area contributed by atoms with Gasteiger partial charge in [0.2, 0.25) is 5.91 Å². The number of amides is 1. The lowest BCUT2D eigenvalue weighted by Gasteiger charge is -2.27. The van der Waals surface area contributed by atoms with Crippen molar-refractivity contribution >= 4 is 22.5 Å². The van der Waals surface area contributed by atoms with Gasteiger partial charge >= 0.3 is 0 Å². The van der Waals surface area contributed by atoms with Crippen LogP contribution in [0.2, 0.25) is 0 Å². The summed E-state index contributed by atoms with van der Waals surface area (Å²) < 4.78 is 5.43. The molecule has 0 unspecified atom stereocenters. The number of methoxy groups -OCH3 is 1. The van der Waals surface area contributed by atoms with Crippen molar-refractivity contribution in [2.75, 3.05) is 19.0 Å². The lowest BCUT2D eigenvalue weighted by molar-refractivity contribution is -0.122. The maximum absolute atomic E-state index is 11.3. The molecule has 24 heavy (non-hydrogen) atoms. The number of benzene rings is 1. The van der Waals surface area contributed by atoms with Gasteiger partial charge in [-0.05, 0) is 50.7 Å². The first-order valence-corrected chi connectivity index (χ1v) is 8.56. The Morgan fingerprint density at radius 3 is 2.75 bits per heavy atom. The molecule has 1 aliphatic rings. The molecule has 0 bridgehead atoms. The number of carbonyl (C=O) groups excluding carboxylic acids is 1. The minimum atomic E-state index is -0.149. The standard InChI is InChI=1S/C19H25N3O2/c1-12-10-16(15-4-3-5-17(24-2)18(15)22-12)21-11-13-6-8-14(9-7-13)19(20)23/h3-5,10,13-14H,6-9,11H2,1-2H3,(H2,20,23)(H,21,22). The smallest absolute Gasteiger partial charge is 0.220 e. The zero-order valence-corrected chi connectivity index (χ0v) is 14.3. The molecule has 5 heteroatoms. The van der Waals surface area contributed by atoms with Gasteiger partial charge in [0.1, 0.15) is 11.3 Å². The predicted octanol–water partition coefficient (Wildman–Crippen LogP) is 3.26. The van der Waals surface area contributed by atoms with Gasteiger partial charge in [-0.1, -0.05) is 12.1 Å². The van der Waals surface area contributed by atoms with Crippen LogP contribution in [0.5, 0.6) is 5.75 Å². The zero-order valence-electron chi connectivity index (χ0n) is 14.3. The van der Waals surface area contributed by atoms with E-state index in [1.54, 1.807) is 7.11 Å². The van der Waals surface area contributed by atoms with Crippen LogP contribution in [0.3, 0.4) is 0 Å². The van der Waals surface area contributed by atoms with E-state index in [-0.39, 0.29) is 11.8 Å². The van der Waals surface area contributed by atoms with E-state index in [4.69, 9.17) is 10.5 Å². The Hall–Kier alpha value is -2.30. The zero-order chi connectivity index (χ0) is 17.1. The summed E-state index contributed by atoms with van der Waals surface area (Å²) in [4.78, 5) is 15.9. The number of nitrogens with two attached hydrogens (primary N) is 1. The number of primary amides is 1. The summed E-state index contributed by atoms with van der Waals surface area (Å²) in [7, 11) is 1.67. The highest BCUT2D eigenvalue weighted by molar-refractivity contribution is 5.95. The Kier molecular flexibility index (Phi) is 4.88. The van der Waals surface area contributed by atoms with Crippen molar-refractivity contribution in [3.63, 3.8) is 0 Å². The molecule has 2 aromatic rings. The number of anilines is 1. The number of para-hydroxylation sites is 1. The van der Waals surface area contributed by atoms with Crippen LogP contribution < -0.4 is 15.8 Å². The first-order valence-electron chi connectivity index (χ1n) is 8.56. The second kappa shape index (κ2) is 7.07. The lowest BCUT2D eigenvalue weighted by Crippen LogP contribution is -2.29. The van der Waals surface area contributed by atoms with Crippen molar-refractivity contribution in [1.82, 2.24) is 4.98 Å². The van der Waals surface area contributed by atoms with Crippen LogP contribution in [0.15, 0.2) is 24.3 Å². The molecule has 1 aromatic carbocycles. The van der Waals surface area contributed by atoms with E-state index >= 15 is 0 Å². The largest absolute Gasteiger partial charge is 0.494 e. The van der Waals surface area contributed by atoms with Crippen LogP contribution in [0.25, 0.3) is 10.9 Å². The first kappa shape index (κ1) is 16.6. The number of hydrogen-bond acceptors (Lipinski definition) is 4. The predicted molar refractivity (Wildman–Crippen MR) is 96.2 cm³/mol. The monoisotopic (exact) mass is 327 g/mol. The number of pyridine rings is 1. The van der Waals surface area contributed by atoms with Crippen molar-refractivity contribution < 1.29 is 9.53 Å². The number of rotatable bonds is 5. The minimum absolute atomic E-state index is 0.0644. The van der Waals surface area contributed by atoms with Gasteiger partial charge in [0.15, 0.2) is 0 Å². The van der Waals surface area contributed by atoms with Gasteiger partial charge < -0.3 is 15.8 Å². The molecule has 0 radical (unpaired) electrons. The van der Waals surface area contributed by atoms with E-state index in [0.29, 0.717) is 5.92 Å². The van der Waals surface area contributed by atoms with Crippen molar-refractivity contribution in [1.29, 1.82) is 0 Å². The molecular weight excluding hydrogens is 302 g/mol. The van der Waals surface area contributed by atoms with Crippen LogP contribution in [0.4, 0.5) is 5.69 Å². The topological polar surface area (TPSA) is 77.2 Å². The Labute approximate surface area is 142 Å². The molecule has 1 aromatic heterocycles. The van der Waals surface area contributed by atoms with Gasteiger partial charge in [0, 0.05) is 29.2 Å². The Morgan fingerprint density at radius 1 is 1.33 bits per heavy atom. The number of ether oxygens (including phenoxy) is 1. The van der Waals surface area contributed by atoms with Gasteiger partial charge in [0.05, 0.1) is 7.11 Å². The van der Waals surface area contributed by atoms with Crippen LogP contribution in [-0.4, -0.2) is 24.5 Å². The normalized spacial score (nSPS) is 20.8. The summed E-state index contributed by atoms with van der Waals surface area (Å²) in [6.07, 6.45) is 3.91. The minimum Gasteiger partial charge on any atom is -0.494 e. The van der Waals surface area contributed by atoms with Crippen LogP contribution in [0.1, 0.15) is 31.4 Å². The Bertz CT molecular complexity index is 737. The molecule has 3 rings (SSSR count). The number of nitrogens with zero attached hydrogens (tertiary/aromatic N) is 1. The van der Waals surface area contributed by atoms with E-state index in [1.807, 2.05) is 19.1 Å². The molecule has 5 nitrogen and oxygen atoms in total. The highest BCUT2D eigenvalue weighted by Gasteiger charge is 2.24.